The molecule has 0 radical (unpaired) electrons. The van der Waals surface area contributed by atoms with Gasteiger partial charge in [-0.05, 0) is 23.8 Å². The van der Waals surface area contributed by atoms with Crippen LogP contribution in [0, 0.1) is 10.1 Å². The zero-order valence-corrected chi connectivity index (χ0v) is 13.2. The summed E-state index contributed by atoms with van der Waals surface area (Å²) < 4.78 is 28.9. The predicted molar refractivity (Wildman–Crippen MR) is 82.8 cm³/mol. The van der Waals surface area contributed by atoms with Crippen molar-refractivity contribution in [3.63, 3.8) is 0 Å². The first-order valence-electron chi connectivity index (χ1n) is 5.87. The number of halogens is 2. The third-order valence-corrected chi connectivity index (χ3v) is 4.25. The Kier molecular flexibility index (Phi) is 4.90. The highest BCUT2D eigenvalue weighted by Gasteiger charge is 2.17. The minimum atomic E-state index is -3.95. The van der Waals surface area contributed by atoms with E-state index in [1.165, 1.54) is 42.5 Å². The normalized spacial score (nSPS) is 11.2. The highest BCUT2D eigenvalue weighted by molar-refractivity contribution is 7.86. The smallest absolute Gasteiger partial charge is 0.313 e. The summed E-state index contributed by atoms with van der Waals surface area (Å²) in [6, 6.07) is 9.30. The van der Waals surface area contributed by atoms with E-state index in [2.05, 4.69) is 0 Å². The second-order valence-corrected chi connectivity index (χ2v) is 6.70. The number of hydrogen-bond acceptors (Lipinski definition) is 5. The Labute approximate surface area is 136 Å². The van der Waals surface area contributed by atoms with E-state index >= 15 is 0 Å². The van der Waals surface area contributed by atoms with Crippen LogP contribution < -0.4 is 4.18 Å². The van der Waals surface area contributed by atoms with Crippen molar-refractivity contribution in [2.45, 2.75) is 5.75 Å². The maximum Gasteiger partial charge on any atom is 0.313 e. The second-order valence-electron chi connectivity index (χ2n) is 4.28. The molecule has 9 heteroatoms. The largest absolute Gasteiger partial charge is 0.381 e. The molecule has 0 N–H and O–H groups in total. The van der Waals surface area contributed by atoms with Gasteiger partial charge in [0.05, 0.1) is 9.95 Å². The van der Waals surface area contributed by atoms with Crippen LogP contribution in [0.25, 0.3) is 0 Å². The highest BCUT2D eigenvalue weighted by atomic mass is 35.5. The summed E-state index contributed by atoms with van der Waals surface area (Å²) in [6.07, 6.45) is 0. The summed E-state index contributed by atoms with van der Waals surface area (Å²) in [5, 5.41) is 11.0. The molecule has 22 heavy (non-hydrogen) atoms. The molecular formula is C13H9Cl2NO5S. The van der Waals surface area contributed by atoms with Crippen LogP contribution in [0.1, 0.15) is 5.56 Å². The van der Waals surface area contributed by atoms with Crippen LogP contribution >= 0.6 is 23.2 Å². The molecule has 0 fully saturated rings. The first kappa shape index (κ1) is 16.5. The van der Waals surface area contributed by atoms with Gasteiger partial charge in [0.1, 0.15) is 5.75 Å². The average Bonchev–Trinajstić information content (AvgIpc) is 2.42. The fourth-order valence-electron chi connectivity index (χ4n) is 1.63. The van der Waals surface area contributed by atoms with Crippen LogP contribution in [0.5, 0.6) is 5.75 Å². The fourth-order valence-corrected chi connectivity index (χ4v) is 3.20. The van der Waals surface area contributed by atoms with Gasteiger partial charge in [0, 0.05) is 17.2 Å². The van der Waals surface area contributed by atoms with Gasteiger partial charge in [-0.1, -0.05) is 35.3 Å². The highest BCUT2D eigenvalue weighted by Crippen LogP contribution is 2.29. The van der Waals surface area contributed by atoms with Crippen molar-refractivity contribution in [1.29, 1.82) is 0 Å². The predicted octanol–water partition coefficient (Wildman–Crippen LogP) is 3.81. The minimum Gasteiger partial charge on any atom is -0.381 e. The van der Waals surface area contributed by atoms with Crippen molar-refractivity contribution >= 4 is 39.0 Å². The van der Waals surface area contributed by atoms with E-state index in [1.807, 2.05) is 0 Å². The topological polar surface area (TPSA) is 86.5 Å². The lowest BCUT2D eigenvalue weighted by atomic mass is 10.2. The molecule has 0 unspecified atom stereocenters. The maximum absolute atomic E-state index is 12.0. The van der Waals surface area contributed by atoms with E-state index in [4.69, 9.17) is 27.4 Å². The van der Waals surface area contributed by atoms with E-state index in [1.54, 1.807) is 0 Å². The van der Waals surface area contributed by atoms with Gasteiger partial charge < -0.3 is 4.18 Å². The summed E-state index contributed by atoms with van der Waals surface area (Å²) in [5.74, 6) is -0.475. The number of non-ortho nitro benzene ring substituents is 1. The van der Waals surface area contributed by atoms with Crippen molar-refractivity contribution in [3.05, 3.63) is 68.2 Å². The Morgan fingerprint density at radius 1 is 1.09 bits per heavy atom. The lowest BCUT2D eigenvalue weighted by molar-refractivity contribution is -0.384. The lowest BCUT2D eigenvalue weighted by Gasteiger charge is -2.08. The van der Waals surface area contributed by atoms with Crippen LogP contribution in [0.2, 0.25) is 10.0 Å². The van der Waals surface area contributed by atoms with Crippen molar-refractivity contribution in [3.8, 4) is 5.75 Å². The summed E-state index contributed by atoms with van der Waals surface area (Å²) in [5.41, 5.74) is 0.235. The summed E-state index contributed by atoms with van der Waals surface area (Å²) in [4.78, 5) is 9.97. The monoisotopic (exact) mass is 361 g/mol. The molecule has 0 aromatic heterocycles. The Bertz CT molecular complexity index is 806. The molecule has 0 aliphatic carbocycles. The first-order valence-corrected chi connectivity index (χ1v) is 8.21. The fraction of sp³-hybridized carbons (Fsp3) is 0.0769. The van der Waals surface area contributed by atoms with Crippen molar-refractivity contribution in [2.75, 3.05) is 0 Å². The molecule has 0 atom stereocenters. The van der Waals surface area contributed by atoms with Gasteiger partial charge in [0.2, 0.25) is 0 Å². The van der Waals surface area contributed by atoms with E-state index in [0.717, 1.165) is 0 Å². The van der Waals surface area contributed by atoms with Crippen molar-refractivity contribution in [2.24, 2.45) is 0 Å². The molecule has 2 aromatic carbocycles. The van der Waals surface area contributed by atoms with Crippen molar-refractivity contribution in [1.82, 2.24) is 0 Å². The van der Waals surface area contributed by atoms with E-state index in [9.17, 15) is 18.5 Å². The molecule has 0 bridgehead atoms. The summed E-state index contributed by atoms with van der Waals surface area (Å²) in [7, 11) is -3.95. The molecule has 0 aliphatic rings. The number of hydrogen-bond donors (Lipinski definition) is 0. The van der Waals surface area contributed by atoms with E-state index in [-0.39, 0.29) is 16.5 Å². The maximum atomic E-state index is 12.0. The third-order valence-electron chi connectivity index (χ3n) is 2.60. The molecule has 2 rings (SSSR count). The van der Waals surface area contributed by atoms with Gasteiger partial charge in [0.15, 0.2) is 5.75 Å². The van der Waals surface area contributed by atoms with Gasteiger partial charge in [0.25, 0.3) is 5.69 Å². The van der Waals surface area contributed by atoms with Gasteiger partial charge in [-0.3, -0.25) is 10.1 Å². The second kappa shape index (κ2) is 6.51. The standard InChI is InChI=1S/C13H9Cl2NO5S/c14-10-3-6-13(12(15)7-10)21-22(19,20)8-9-1-4-11(5-2-9)16(17)18/h1-7H,8H2. The molecule has 0 spiro atoms. The zero-order valence-electron chi connectivity index (χ0n) is 10.9. The molecule has 116 valence electrons. The quantitative estimate of drug-likeness (QED) is 0.459. The molecular weight excluding hydrogens is 353 g/mol. The van der Waals surface area contributed by atoms with Crippen LogP contribution in [0.3, 0.4) is 0 Å². The third kappa shape index (κ3) is 4.33. The average molecular weight is 362 g/mol. The summed E-state index contributed by atoms with van der Waals surface area (Å²) in [6.45, 7) is 0. The van der Waals surface area contributed by atoms with E-state index in [0.29, 0.717) is 10.6 Å². The summed E-state index contributed by atoms with van der Waals surface area (Å²) >= 11 is 11.6. The Morgan fingerprint density at radius 3 is 2.27 bits per heavy atom. The molecule has 2 aromatic rings. The molecule has 0 aliphatic heterocycles. The van der Waals surface area contributed by atoms with Crippen LogP contribution in [0.15, 0.2) is 42.5 Å². The first-order chi connectivity index (χ1) is 10.3. The molecule has 0 saturated carbocycles. The molecule has 0 heterocycles. The van der Waals surface area contributed by atoms with Gasteiger partial charge in [-0.2, -0.15) is 8.42 Å². The Morgan fingerprint density at radius 2 is 1.73 bits per heavy atom. The SMILES string of the molecule is O=[N+]([O-])c1ccc(CS(=O)(=O)Oc2ccc(Cl)cc2Cl)cc1. The Hall–Kier alpha value is -1.83. The van der Waals surface area contributed by atoms with Gasteiger partial charge in [-0.15, -0.1) is 0 Å². The number of nitro groups is 1. The van der Waals surface area contributed by atoms with Crippen LogP contribution in [-0.4, -0.2) is 13.3 Å². The van der Waals surface area contributed by atoms with Gasteiger partial charge >= 0.3 is 10.1 Å². The van der Waals surface area contributed by atoms with Gasteiger partial charge in [-0.25, -0.2) is 0 Å². The molecule has 0 amide bonds. The Balaban J connectivity index is 2.15. The number of nitro benzene ring substituents is 1. The number of benzene rings is 2. The number of nitrogens with zero attached hydrogens (tertiary/aromatic N) is 1. The van der Waals surface area contributed by atoms with E-state index < -0.39 is 20.8 Å². The minimum absolute atomic E-state index is 0.0343. The number of rotatable bonds is 5. The lowest BCUT2D eigenvalue weighted by Crippen LogP contribution is -2.12. The molecule has 6 nitrogen and oxygen atoms in total. The van der Waals surface area contributed by atoms with Crippen molar-refractivity contribution < 1.29 is 17.5 Å². The van der Waals surface area contributed by atoms with Crippen LogP contribution in [0.4, 0.5) is 5.69 Å². The zero-order chi connectivity index (χ0) is 16.3. The van der Waals surface area contributed by atoms with Crippen LogP contribution in [-0.2, 0) is 15.9 Å². The molecule has 0 saturated heterocycles.